The third-order valence-electron chi connectivity index (χ3n) is 4.07. The Labute approximate surface area is 119 Å². The molecule has 2 rings (SSSR count). The van der Waals surface area contributed by atoms with Crippen LogP contribution < -0.4 is 0 Å². The standard InChI is InChI=1S/C16H22O4/c1-19-10-4-11-20-12-9-16(15(17)18)8-7-13-5-2-3-6-14(13)16/h2-3,5-6H,4,7-12H2,1H3,(H,17,18). The summed E-state index contributed by atoms with van der Waals surface area (Å²) in [5.41, 5.74) is 1.36. The van der Waals surface area contributed by atoms with Gasteiger partial charge in [-0.05, 0) is 36.8 Å². The molecule has 0 saturated heterocycles. The fraction of sp³-hybridized carbons (Fsp3) is 0.562. The van der Waals surface area contributed by atoms with Crippen molar-refractivity contribution in [2.24, 2.45) is 0 Å². The number of carboxylic acid groups (broad SMARTS) is 1. The van der Waals surface area contributed by atoms with Crippen LogP contribution in [0.3, 0.4) is 0 Å². The summed E-state index contributed by atoms with van der Waals surface area (Å²) in [7, 11) is 1.66. The van der Waals surface area contributed by atoms with E-state index in [9.17, 15) is 9.90 Å². The maximum Gasteiger partial charge on any atom is 0.314 e. The van der Waals surface area contributed by atoms with Crippen LogP contribution in [0.2, 0.25) is 0 Å². The molecule has 0 fully saturated rings. The molecule has 1 unspecified atom stereocenters. The minimum absolute atomic E-state index is 0.477. The lowest BCUT2D eigenvalue weighted by Crippen LogP contribution is -2.34. The first-order valence-corrected chi connectivity index (χ1v) is 7.09. The van der Waals surface area contributed by atoms with E-state index in [0.717, 1.165) is 24.0 Å². The highest BCUT2D eigenvalue weighted by atomic mass is 16.5. The number of rotatable bonds is 8. The van der Waals surface area contributed by atoms with Crippen LogP contribution in [0.15, 0.2) is 24.3 Å². The highest BCUT2D eigenvalue weighted by Crippen LogP contribution is 2.41. The van der Waals surface area contributed by atoms with Crippen molar-refractivity contribution in [1.29, 1.82) is 0 Å². The molecule has 0 amide bonds. The first kappa shape index (κ1) is 15.0. The topological polar surface area (TPSA) is 55.8 Å². The summed E-state index contributed by atoms with van der Waals surface area (Å²) in [4.78, 5) is 11.8. The van der Waals surface area contributed by atoms with Gasteiger partial charge in [0.25, 0.3) is 0 Å². The zero-order valence-corrected chi connectivity index (χ0v) is 11.9. The Hall–Kier alpha value is -1.39. The molecular formula is C16H22O4. The van der Waals surface area contributed by atoms with Gasteiger partial charge in [-0.25, -0.2) is 0 Å². The van der Waals surface area contributed by atoms with E-state index in [1.807, 2.05) is 24.3 Å². The number of benzene rings is 1. The Morgan fingerprint density at radius 2 is 2.10 bits per heavy atom. The summed E-state index contributed by atoms with van der Waals surface area (Å²) in [6.45, 7) is 1.77. The zero-order valence-electron chi connectivity index (χ0n) is 11.9. The second-order valence-corrected chi connectivity index (χ2v) is 5.25. The minimum atomic E-state index is -0.766. The molecule has 0 aliphatic heterocycles. The highest BCUT2D eigenvalue weighted by molar-refractivity contribution is 5.83. The van der Waals surface area contributed by atoms with Crippen molar-refractivity contribution in [3.8, 4) is 0 Å². The summed E-state index contributed by atoms with van der Waals surface area (Å²) in [5, 5.41) is 9.68. The summed E-state index contributed by atoms with van der Waals surface area (Å²) in [6, 6.07) is 7.86. The Kier molecular flexibility index (Phi) is 5.15. The molecule has 1 aromatic carbocycles. The van der Waals surface area contributed by atoms with Gasteiger partial charge in [0.15, 0.2) is 0 Å². The van der Waals surface area contributed by atoms with E-state index < -0.39 is 11.4 Å². The molecule has 0 radical (unpaired) electrons. The fourth-order valence-electron chi connectivity index (χ4n) is 2.93. The average Bonchev–Trinajstić information content (AvgIpc) is 2.83. The first-order chi connectivity index (χ1) is 9.70. The monoisotopic (exact) mass is 278 g/mol. The Bertz CT molecular complexity index is 458. The van der Waals surface area contributed by atoms with Gasteiger partial charge in [-0.3, -0.25) is 4.79 Å². The number of aryl methyl sites for hydroxylation is 1. The normalized spacial score (nSPS) is 20.9. The van der Waals surface area contributed by atoms with E-state index in [0.29, 0.717) is 32.7 Å². The van der Waals surface area contributed by atoms with E-state index in [1.165, 1.54) is 0 Å². The van der Waals surface area contributed by atoms with Crippen molar-refractivity contribution >= 4 is 5.97 Å². The molecule has 1 aliphatic carbocycles. The van der Waals surface area contributed by atoms with Crippen molar-refractivity contribution in [2.75, 3.05) is 26.9 Å². The number of hydrogen-bond donors (Lipinski definition) is 1. The minimum Gasteiger partial charge on any atom is -0.481 e. The second-order valence-electron chi connectivity index (χ2n) is 5.25. The number of methoxy groups -OCH3 is 1. The van der Waals surface area contributed by atoms with E-state index >= 15 is 0 Å². The van der Waals surface area contributed by atoms with E-state index in [2.05, 4.69) is 0 Å². The van der Waals surface area contributed by atoms with Crippen LogP contribution >= 0.6 is 0 Å². The fourth-order valence-corrected chi connectivity index (χ4v) is 2.93. The van der Waals surface area contributed by atoms with Crippen molar-refractivity contribution < 1.29 is 19.4 Å². The van der Waals surface area contributed by atoms with Gasteiger partial charge in [-0.1, -0.05) is 24.3 Å². The Balaban J connectivity index is 1.97. The largest absolute Gasteiger partial charge is 0.481 e. The molecule has 1 atom stereocenters. The zero-order chi connectivity index (χ0) is 14.4. The van der Waals surface area contributed by atoms with Gasteiger partial charge in [0.2, 0.25) is 0 Å². The maximum atomic E-state index is 11.8. The molecule has 0 spiro atoms. The molecule has 0 heterocycles. The average molecular weight is 278 g/mol. The number of fused-ring (bicyclic) bond motifs is 1. The van der Waals surface area contributed by atoms with Gasteiger partial charge in [-0.15, -0.1) is 0 Å². The molecule has 20 heavy (non-hydrogen) atoms. The van der Waals surface area contributed by atoms with Crippen LogP contribution in [0.4, 0.5) is 0 Å². The van der Waals surface area contributed by atoms with Crippen LogP contribution in [0, 0.1) is 0 Å². The molecule has 0 saturated carbocycles. The van der Waals surface area contributed by atoms with E-state index in [1.54, 1.807) is 7.11 Å². The molecular weight excluding hydrogens is 256 g/mol. The molecule has 1 N–H and O–H groups in total. The molecule has 4 nitrogen and oxygen atoms in total. The lowest BCUT2D eigenvalue weighted by atomic mass is 9.79. The van der Waals surface area contributed by atoms with Gasteiger partial charge < -0.3 is 14.6 Å². The highest BCUT2D eigenvalue weighted by Gasteiger charge is 2.44. The molecule has 4 heteroatoms. The predicted molar refractivity (Wildman–Crippen MR) is 76.0 cm³/mol. The number of hydrogen-bond acceptors (Lipinski definition) is 3. The van der Waals surface area contributed by atoms with Gasteiger partial charge in [0.05, 0.1) is 5.41 Å². The number of carboxylic acids is 1. The quantitative estimate of drug-likeness (QED) is 0.742. The Morgan fingerprint density at radius 1 is 1.30 bits per heavy atom. The molecule has 0 aromatic heterocycles. The van der Waals surface area contributed by atoms with Crippen molar-refractivity contribution in [3.63, 3.8) is 0 Å². The van der Waals surface area contributed by atoms with Crippen LogP contribution in [-0.4, -0.2) is 38.0 Å². The number of aliphatic carboxylic acids is 1. The van der Waals surface area contributed by atoms with Gasteiger partial charge >= 0.3 is 5.97 Å². The molecule has 110 valence electrons. The first-order valence-electron chi connectivity index (χ1n) is 7.09. The lowest BCUT2D eigenvalue weighted by Gasteiger charge is -2.25. The van der Waals surface area contributed by atoms with Crippen LogP contribution in [-0.2, 0) is 26.1 Å². The predicted octanol–water partition coefficient (Wildman–Crippen LogP) is 2.40. The van der Waals surface area contributed by atoms with Crippen molar-refractivity contribution in [1.82, 2.24) is 0 Å². The SMILES string of the molecule is COCCCOCCC1(C(=O)O)CCc2ccccc21. The Morgan fingerprint density at radius 3 is 2.85 bits per heavy atom. The molecule has 1 aromatic rings. The van der Waals surface area contributed by atoms with Crippen LogP contribution in [0.1, 0.15) is 30.4 Å². The van der Waals surface area contributed by atoms with E-state index in [-0.39, 0.29) is 0 Å². The third kappa shape index (κ3) is 3.02. The summed E-state index contributed by atoms with van der Waals surface area (Å²) >= 11 is 0. The maximum absolute atomic E-state index is 11.8. The summed E-state index contributed by atoms with van der Waals surface area (Å²) < 4.78 is 10.5. The van der Waals surface area contributed by atoms with Gasteiger partial charge in [0.1, 0.15) is 0 Å². The molecule has 0 bridgehead atoms. The summed E-state index contributed by atoms with van der Waals surface area (Å²) in [6.07, 6.45) is 2.88. The number of carbonyl (C=O) groups is 1. The van der Waals surface area contributed by atoms with Crippen LogP contribution in [0.25, 0.3) is 0 Å². The van der Waals surface area contributed by atoms with Crippen molar-refractivity contribution in [3.05, 3.63) is 35.4 Å². The van der Waals surface area contributed by atoms with Crippen LogP contribution in [0.5, 0.6) is 0 Å². The smallest absolute Gasteiger partial charge is 0.314 e. The van der Waals surface area contributed by atoms with Crippen molar-refractivity contribution in [2.45, 2.75) is 31.1 Å². The van der Waals surface area contributed by atoms with E-state index in [4.69, 9.17) is 9.47 Å². The summed E-state index contributed by atoms with van der Waals surface area (Å²) in [5.74, 6) is -0.733. The third-order valence-corrected chi connectivity index (χ3v) is 4.07. The van der Waals surface area contributed by atoms with Gasteiger partial charge in [-0.2, -0.15) is 0 Å². The van der Waals surface area contributed by atoms with Gasteiger partial charge in [0, 0.05) is 26.9 Å². The lowest BCUT2D eigenvalue weighted by molar-refractivity contribution is -0.144. The molecule has 1 aliphatic rings. The second kappa shape index (κ2) is 6.86. The number of ether oxygens (including phenoxy) is 2.